The van der Waals surface area contributed by atoms with Crippen LogP contribution < -0.4 is 10.6 Å². The summed E-state index contributed by atoms with van der Waals surface area (Å²) in [4.78, 5) is 32.4. The van der Waals surface area contributed by atoms with Crippen molar-refractivity contribution in [1.29, 1.82) is 0 Å². The molecule has 0 bridgehead atoms. The number of imide groups is 1. The Kier molecular flexibility index (Phi) is 8.67. The molecule has 3 N–H and O–H groups in total. The molecule has 7 nitrogen and oxygen atoms in total. The summed E-state index contributed by atoms with van der Waals surface area (Å²) in [6, 6.07) is -0.568. The molecule has 0 aliphatic rings. The predicted octanol–water partition coefficient (Wildman–Crippen LogP) is 0.104. The van der Waals surface area contributed by atoms with Gasteiger partial charge in [0.25, 0.3) is 0 Å². The third kappa shape index (κ3) is 10.6. The van der Waals surface area contributed by atoms with Crippen LogP contribution in [0.2, 0.25) is 0 Å². The zero-order valence-electron chi connectivity index (χ0n) is 9.82. The molecule has 98 valence electrons. The first-order valence-corrected chi connectivity index (χ1v) is 5.34. The van der Waals surface area contributed by atoms with E-state index in [1.165, 1.54) is 0 Å². The molecule has 0 atom stereocenters. The van der Waals surface area contributed by atoms with Crippen molar-refractivity contribution in [2.75, 3.05) is 20.3 Å². The quantitative estimate of drug-likeness (QED) is 0.527. The summed E-state index contributed by atoms with van der Waals surface area (Å²) >= 11 is 0. The average Bonchev–Trinajstić information content (AvgIpc) is 2.23. The van der Waals surface area contributed by atoms with Gasteiger partial charge in [-0.2, -0.15) is 0 Å². The number of amides is 3. The van der Waals surface area contributed by atoms with Crippen LogP contribution in [0.15, 0.2) is 0 Å². The Morgan fingerprint density at radius 1 is 1.18 bits per heavy atom. The van der Waals surface area contributed by atoms with E-state index in [1.807, 2.05) is 0 Å². The minimum absolute atomic E-state index is 0.0256. The number of rotatable bonds is 8. The van der Waals surface area contributed by atoms with E-state index in [9.17, 15) is 14.4 Å². The van der Waals surface area contributed by atoms with Gasteiger partial charge in [-0.1, -0.05) is 0 Å². The molecule has 0 fully saturated rings. The molecule has 17 heavy (non-hydrogen) atoms. The third-order valence-corrected chi connectivity index (χ3v) is 1.86. The standard InChI is InChI=1S/C10H18N2O5/c1-17-7-3-6-11-10(16)12-8(13)4-2-5-9(14)15/h2-7H2,1H3,(H,14,15)(H2,11,12,13,16). The molecule has 0 aliphatic heterocycles. The van der Waals surface area contributed by atoms with Gasteiger partial charge >= 0.3 is 12.0 Å². The molecule has 0 saturated heterocycles. The Balaban J connectivity index is 3.52. The van der Waals surface area contributed by atoms with Crippen LogP contribution in [0.1, 0.15) is 25.7 Å². The van der Waals surface area contributed by atoms with Gasteiger partial charge in [0.15, 0.2) is 0 Å². The molecule has 0 aromatic heterocycles. The summed E-state index contributed by atoms with van der Waals surface area (Å²) in [6.07, 6.45) is 0.829. The van der Waals surface area contributed by atoms with Gasteiger partial charge in [0, 0.05) is 33.1 Å². The number of methoxy groups -OCH3 is 1. The zero-order chi connectivity index (χ0) is 13.1. The van der Waals surface area contributed by atoms with Crippen LogP contribution >= 0.6 is 0 Å². The van der Waals surface area contributed by atoms with Crippen molar-refractivity contribution in [3.8, 4) is 0 Å². The van der Waals surface area contributed by atoms with Crippen LogP contribution in [0.5, 0.6) is 0 Å². The lowest BCUT2D eigenvalue weighted by Gasteiger charge is -2.05. The van der Waals surface area contributed by atoms with E-state index in [0.717, 1.165) is 0 Å². The second-order valence-corrected chi connectivity index (χ2v) is 3.40. The van der Waals surface area contributed by atoms with Gasteiger partial charge in [-0.3, -0.25) is 14.9 Å². The lowest BCUT2D eigenvalue weighted by atomic mass is 10.2. The number of aliphatic carboxylic acids is 1. The van der Waals surface area contributed by atoms with E-state index >= 15 is 0 Å². The monoisotopic (exact) mass is 246 g/mol. The molecule has 0 saturated carbocycles. The Morgan fingerprint density at radius 2 is 1.88 bits per heavy atom. The molecule has 0 aromatic carbocycles. The maximum Gasteiger partial charge on any atom is 0.321 e. The Hall–Kier alpha value is -1.63. The van der Waals surface area contributed by atoms with Gasteiger partial charge < -0.3 is 15.2 Å². The highest BCUT2D eigenvalue weighted by molar-refractivity contribution is 5.94. The molecule has 0 rings (SSSR count). The van der Waals surface area contributed by atoms with Crippen molar-refractivity contribution in [1.82, 2.24) is 10.6 Å². The molecule has 0 aromatic rings. The van der Waals surface area contributed by atoms with Crippen LogP contribution in [0.3, 0.4) is 0 Å². The first-order chi connectivity index (χ1) is 8.06. The summed E-state index contributed by atoms with van der Waals surface area (Å²) in [6.45, 7) is 0.953. The van der Waals surface area contributed by atoms with Crippen LogP contribution in [0.4, 0.5) is 4.79 Å². The molecule has 3 amide bonds. The molecule has 0 aliphatic carbocycles. The Bertz CT molecular complexity index is 267. The van der Waals surface area contributed by atoms with E-state index in [1.54, 1.807) is 7.11 Å². The fourth-order valence-corrected chi connectivity index (χ4v) is 1.05. The second kappa shape index (κ2) is 9.59. The van der Waals surface area contributed by atoms with E-state index < -0.39 is 17.9 Å². The van der Waals surface area contributed by atoms with Gasteiger partial charge in [-0.05, 0) is 12.8 Å². The number of carboxylic acids is 1. The van der Waals surface area contributed by atoms with Crippen molar-refractivity contribution in [2.45, 2.75) is 25.7 Å². The number of nitrogens with one attached hydrogen (secondary N) is 2. The summed E-state index contributed by atoms with van der Waals surface area (Å²) < 4.78 is 4.79. The molecular formula is C10H18N2O5. The van der Waals surface area contributed by atoms with Crippen LogP contribution in [0.25, 0.3) is 0 Å². The normalized spacial score (nSPS) is 9.71. The van der Waals surface area contributed by atoms with E-state index in [2.05, 4.69) is 10.6 Å². The fourth-order valence-electron chi connectivity index (χ4n) is 1.05. The minimum Gasteiger partial charge on any atom is -0.481 e. The van der Waals surface area contributed by atoms with Crippen molar-refractivity contribution in [2.24, 2.45) is 0 Å². The Labute approximate surface area is 99.5 Å². The number of hydrogen-bond donors (Lipinski definition) is 3. The van der Waals surface area contributed by atoms with Crippen LogP contribution in [-0.4, -0.2) is 43.3 Å². The highest BCUT2D eigenvalue weighted by atomic mass is 16.5. The highest BCUT2D eigenvalue weighted by Gasteiger charge is 2.07. The fraction of sp³-hybridized carbons (Fsp3) is 0.700. The Morgan fingerprint density at radius 3 is 2.47 bits per heavy atom. The summed E-state index contributed by atoms with van der Waals surface area (Å²) in [5.74, 6) is -1.43. The van der Waals surface area contributed by atoms with E-state index in [4.69, 9.17) is 9.84 Å². The number of ether oxygens (including phenoxy) is 1. The van der Waals surface area contributed by atoms with Crippen molar-refractivity contribution >= 4 is 17.9 Å². The third-order valence-electron chi connectivity index (χ3n) is 1.86. The maximum atomic E-state index is 11.1. The molecule has 0 unspecified atom stereocenters. The van der Waals surface area contributed by atoms with Crippen molar-refractivity contribution < 1.29 is 24.2 Å². The van der Waals surface area contributed by atoms with Crippen molar-refractivity contribution in [3.63, 3.8) is 0 Å². The lowest BCUT2D eigenvalue weighted by Crippen LogP contribution is -2.39. The first kappa shape index (κ1) is 15.4. The zero-order valence-corrected chi connectivity index (χ0v) is 9.82. The van der Waals surface area contributed by atoms with Crippen molar-refractivity contribution in [3.05, 3.63) is 0 Å². The average molecular weight is 246 g/mol. The number of urea groups is 1. The maximum absolute atomic E-state index is 11.1. The molecule has 7 heteroatoms. The molecule has 0 heterocycles. The van der Waals surface area contributed by atoms with Gasteiger partial charge in [0.1, 0.15) is 0 Å². The summed E-state index contributed by atoms with van der Waals surface area (Å²) in [5, 5.41) is 12.9. The summed E-state index contributed by atoms with van der Waals surface area (Å²) in [7, 11) is 1.56. The van der Waals surface area contributed by atoms with E-state index in [-0.39, 0.29) is 19.3 Å². The minimum atomic E-state index is -0.957. The van der Waals surface area contributed by atoms with Crippen LogP contribution in [0, 0.1) is 0 Å². The molecule has 0 radical (unpaired) electrons. The topological polar surface area (TPSA) is 105 Å². The molecular weight excluding hydrogens is 228 g/mol. The SMILES string of the molecule is COCCCNC(=O)NC(=O)CCCC(=O)O. The smallest absolute Gasteiger partial charge is 0.321 e. The van der Waals surface area contributed by atoms with Gasteiger partial charge in [-0.15, -0.1) is 0 Å². The largest absolute Gasteiger partial charge is 0.481 e. The van der Waals surface area contributed by atoms with Crippen LogP contribution in [-0.2, 0) is 14.3 Å². The van der Waals surface area contributed by atoms with Gasteiger partial charge in [0.05, 0.1) is 0 Å². The predicted molar refractivity (Wildman–Crippen MR) is 59.5 cm³/mol. The molecule has 0 spiro atoms. The first-order valence-electron chi connectivity index (χ1n) is 5.34. The number of carbonyl (C=O) groups excluding carboxylic acids is 2. The highest BCUT2D eigenvalue weighted by Crippen LogP contribution is 1.94. The van der Waals surface area contributed by atoms with Gasteiger partial charge in [-0.25, -0.2) is 4.79 Å². The summed E-state index contributed by atoms with van der Waals surface area (Å²) in [5.41, 5.74) is 0. The number of carbonyl (C=O) groups is 3. The van der Waals surface area contributed by atoms with E-state index in [0.29, 0.717) is 19.6 Å². The van der Waals surface area contributed by atoms with Gasteiger partial charge in [0.2, 0.25) is 5.91 Å². The second-order valence-electron chi connectivity index (χ2n) is 3.40. The lowest BCUT2D eigenvalue weighted by molar-refractivity contribution is -0.137. The number of carboxylic acid groups (broad SMARTS) is 1. The number of hydrogen-bond acceptors (Lipinski definition) is 4.